The van der Waals surface area contributed by atoms with Crippen LogP contribution in [-0.4, -0.2) is 18.5 Å². The molecule has 0 saturated heterocycles. The highest BCUT2D eigenvalue weighted by molar-refractivity contribution is 5.79. The number of quaternary nitrogens is 1. The summed E-state index contributed by atoms with van der Waals surface area (Å²) >= 11 is 0. The number of rotatable bonds is 7. The summed E-state index contributed by atoms with van der Waals surface area (Å²) in [6, 6.07) is 14.5. The van der Waals surface area contributed by atoms with E-state index in [1.165, 1.54) is 11.6 Å². The van der Waals surface area contributed by atoms with Crippen molar-refractivity contribution < 1.29 is 14.5 Å². The average Bonchev–Trinajstić information content (AvgIpc) is 2.59. The molecule has 24 heavy (non-hydrogen) atoms. The molecule has 0 heterocycles. The first-order valence-corrected chi connectivity index (χ1v) is 8.52. The summed E-state index contributed by atoms with van der Waals surface area (Å²) < 4.78 is 13.7. The van der Waals surface area contributed by atoms with E-state index in [1.807, 2.05) is 25.2 Å². The van der Waals surface area contributed by atoms with Gasteiger partial charge in [0.25, 0.3) is 5.91 Å². The molecule has 0 saturated carbocycles. The van der Waals surface area contributed by atoms with Gasteiger partial charge in [-0.25, -0.2) is 4.39 Å². The zero-order chi connectivity index (χ0) is 17.5. The van der Waals surface area contributed by atoms with Gasteiger partial charge in [0.2, 0.25) is 0 Å². The van der Waals surface area contributed by atoms with Crippen LogP contribution in [-0.2, 0) is 11.2 Å². The molecule has 2 rings (SSSR count). The average molecular weight is 329 g/mol. The lowest BCUT2D eigenvalue weighted by atomic mass is 9.96. The molecular weight excluding hydrogens is 303 g/mol. The van der Waals surface area contributed by atoms with Crippen LogP contribution in [0.25, 0.3) is 0 Å². The molecule has 0 fully saturated rings. The minimum absolute atomic E-state index is 0.0101. The number of hydrogen-bond donors (Lipinski definition) is 2. The van der Waals surface area contributed by atoms with Crippen molar-refractivity contribution in [1.82, 2.24) is 5.32 Å². The molecule has 2 aromatic carbocycles. The number of aryl methyl sites for hydroxylation is 1. The van der Waals surface area contributed by atoms with Gasteiger partial charge in [-0.2, -0.15) is 0 Å². The number of likely N-dealkylation sites (N-methyl/N-ethyl adjacent to an activating group) is 1. The number of benzene rings is 2. The van der Waals surface area contributed by atoms with E-state index >= 15 is 0 Å². The van der Waals surface area contributed by atoms with Gasteiger partial charge in [0, 0.05) is 17.7 Å². The van der Waals surface area contributed by atoms with E-state index in [2.05, 4.69) is 36.5 Å². The Morgan fingerprint density at radius 1 is 1.12 bits per heavy atom. The Morgan fingerprint density at radius 2 is 1.83 bits per heavy atom. The molecule has 0 unspecified atom stereocenters. The largest absolute Gasteiger partial charge is 0.351 e. The molecule has 0 spiro atoms. The molecule has 0 aliphatic carbocycles. The van der Waals surface area contributed by atoms with Crippen molar-refractivity contribution in [1.29, 1.82) is 0 Å². The molecule has 0 aromatic heterocycles. The van der Waals surface area contributed by atoms with Gasteiger partial charge in [0.1, 0.15) is 11.9 Å². The van der Waals surface area contributed by atoms with E-state index in [9.17, 15) is 9.18 Å². The number of hydrogen-bond acceptors (Lipinski definition) is 1. The third kappa shape index (κ3) is 4.65. The number of halogens is 1. The second kappa shape index (κ2) is 8.60. The minimum Gasteiger partial charge on any atom is -0.351 e. The Morgan fingerprint density at radius 3 is 2.42 bits per heavy atom. The number of amides is 1. The summed E-state index contributed by atoms with van der Waals surface area (Å²) in [5.74, 6) is -0.272. The zero-order valence-corrected chi connectivity index (χ0v) is 14.6. The quantitative estimate of drug-likeness (QED) is 0.806. The predicted octanol–water partition coefficient (Wildman–Crippen LogP) is 2.57. The Kier molecular flexibility index (Phi) is 6.50. The molecule has 0 bridgehead atoms. The summed E-state index contributed by atoms with van der Waals surface area (Å²) in [7, 11) is 0. The van der Waals surface area contributed by atoms with Gasteiger partial charge in [-0.05, 0) is 38.0 Å². The summed E-state index contributed by atoms with van der Waals surface area (Å²) in [4.78, 5) is 12.1. The molecule has 3 nitrogen and oxygen atoms in total. The zero-order valence-electron chi connectivity index (χ0n) is 14.6. The summed E-state index contributed by atoms with van der Waals surface area (Å²) in [6.45, 7) is 6.49. The van der Waals surface area contributed by atoms with Gasteiger partial charge in [0.15, 0.2) is 6.04 Å². The Hall–Kier alpha value is -2.20. The van der Waals surface area contributed by atoms with Crippen molar-refractivity contribution >= 4 is 5.91 Å². The van der Waals surface area contributed by atoms with Crippen LogP contribution < -0.4 is 10.6 Å². The fraction of sp³-hybridized carbons (Fsp3) is 0.350. The van der Waals surface area contributed by atoms with E-state index in [0.29, 0.717) is 6.54 Å². The number of carbonyl (C=O) groups is 1. The number of carbonyl (C=O) groups excluding carboxylic acids is 1. The first kappa shape index (κ1) is 18.1. The third-order valence-electron chi connectivity index (χ3n) is 4.20. The first-order chi connectivity index (χ1) is 11.5. The fourth-order valence-electron chi connectivity index (χ4n) is 2.79. The summed E-state index contributed by atoms with van der Waals surface area (Å²) in [6.07, 6.45) is 0.976. The van der Waals surface area contributed by atoms with Gasteiger partial charge >= 0.3 is 0 Å². The number of nitrogens with one attached hydrogen (secondary N) is 1. The normalized spacial score (nSPS) is 13.3. The van der Waals surface area contributed by atoms with E-state index in [1.54, 1.807) is 12.1 Å². The maximum absolute atomic E-state index is 13.7. The van der Waals surface area contributed by atoms with E-state index in [0.717, 1.165) is 17.5 Å². The van der Waals surface area contributed by atoms with Crippen molar-refractivity contribution in [3.63, 3.8) is 0 Å². The van der Waals surface area contributed by atoms with Crippen LogP contribution in [0, 0.1) is 5.82 Å². The number of nitrogens with two attached hydrogens (primary N) is 1. The molecule has 0 aliphatic rings. The molecule has 128 valence electrons. The molecule has 0 aliphatic heterocycles. The lowest BCUT2D eigenvalue weighted by Gasteiger charge is -2.21. The van der Waals surface area contributed by atoms with Crippen LogP contribution in [0.15, 0.2) is 48.5 Å². The predicted molar refractivity (Wildman–Crippen MR) is 94.1 cm³/mol. The van der Waals surface area contributed by atoms with Gasteiger partial charge < -0.3 is 10.6 Å². The van der Waals surface area contributed by atoms with Crippen LogP contribution in [0.1, 0.15) is 43.5 Å². The van der Waals surface area contributed by atoms with Crippen LogP contribution in [0.3, 0.4) is 0 Å². The monoisotopic (exact) mass is 329 g/mol. The maximum atomic E-state index is 13.7. The Bertz CT molecular complexity index is 670. The van der Waals surface area contributed by atoms with Crippen LogP contribution in [0.4, 0.5) is 4.39 Å². The molecule has 0 radical (unpaired) electrons. The van der Waals surface area contributed by atoms with Crippen LogP contribution in [0.5, 0.6) is 0 Å². The smallest absolute Gasteiger partial charge is 0.277 e. The molecule has 3 N–H and O–H groups in total. The Balaban J connectivity index is 2.31. The topological polar surface area (TPSA) is 45.7 Å². The van der Waals surface area contributed by atoms with Crippen LogP contribution >= 0.6 is 0 Å². The van der Waals surface area contributed by atoms with Crippen molar-refractivity contribution in [3.8, 4) is 0 Å². The SMILES string of the molecule is CCNC(=O)[C@H](C)[NH2+][C@H](c1ccc(CC)cc1)c1cccc(F)c1. The second-order valence-electron chi connectivity index (χ2n) is 6.00. The lowest BCUT2D eigenvalue weighted by molar-refractivity contribution is -0.704. The van der Waals surface area contributed by atoms with Gasteiger partial charge in [-0.1, -0.05) is 43.3 Å². The van der Waals surface area contributed by atoms with Gasteiger partial charge in [-0.3, -0.25) is 4.79 Å². The molecule has 4 heteroatoms. The first-order valence-electron chi connectivity index (χ1n) is 8.52. The third-order valence-corrected chi connectivity index (χ3v) is 4.20. The summed E-state index contributed by atoms with van der Waals surface area (Å²) in [5.41, 5.74) is 3.18. The van der Waals surface area contributed by atoms with Crippen molar-refractivity contribution in [2.45, 2.75) is 39.3 Å². The van der Waals surface area contributed by atoms with E-state index in [-0.39, 0.29) is 23.8 Å². The lowest BCUT2D eigenvalue weighted by Crippen LogP contribution is -2.92. The van der Waals surface area contributed by atoms with Gasteiger partial charge in [-0.15, -0.1) is 0 Å². The highest BCUT2D eigenvalue weighted by Gasteiger charge is 2.24. The molecule has 1 amide bonds. The standard InChI is InChI=1S/C20H25FN2O/c1-4-15-9-11-16(12-10-15)19(17-7-6-8-18(21)13-17)23-14(3)20(24)22-5-2/h6-14,19,23H,4-5H2,1-3H3,(H,22,24)/p+1/t14-,19+/m0/s1. The Labute approximate surface area is 143 Å². The van der Waals surface area contributed by atoms with E-state index in [4.69, 9.17) is 0 Å². The maximum Gasteiger partial charge on any atom is 0.277 e. The highest BCUT2D eigenvalue weighted by Crippen LogP contribution is 2.20. The van der Waals surface area contributed by atoms with Crippen molar-refractivity contribution in [2.75, 3.05) is 6.54 Å². The summed E-state index contributed by atoms with van der Waals surface area (Å²) in [5, 5.41) is 4.83. The minimum atomic E-state index is -0.262. The van der Waals surface area contributed by atoms with Crippen molar-refractivity contribution in [3.05, 3.63) is 71.0 Å². The molecular formula is C20H26FN2O+. The molecule has 2 atom stereocenters. The van der Waals surface area contributed by atoms with Gasteiger partial charge in [0.05, 0.1) is 0 Å². The van der Waals surface area contributed by atoms with Crippen LogP contribution in [0.2, 0.25) is 0 Å². The van der Waals surface area contributed by atoms with Crippen molar-refractivity contribution in [2.24, 2.45) is 0 Å². The highest BCUT2D eigenvalue weighted by atomic mass is 19.1. The molecule has 2 aromatic rings. The van der Waals surface area contributed by atoms with E-state index < -0.39 is 0 Å². The fourth-order valence-corrected chi connectivity index (χ4v) is 2.79. The second-order valence-corrected chi connectivity index (χ2v) is 6.00.